The summed E-state index contributed by atoms with van der Waals surface area (Å²) in [5.74, 6) is 0.784. The molecule has 2 atom stereocenters. The fraction of sp³-hybridized carbons (Fsp3) is 0.700. The van der Waals surface area contributed by atoms with Gasteiger partial charge in [0, 0.05) is 11.5 Å². The number of anilines is 1. The van der Waals surface area contributed by atoms with Crippen LogP contribution >= 0.6 is 0 Å². The van der Waals surface area contributed by atoms with E-state index < -0.39 is 0 Å². The lowest BCUT2D eigenvalue weighted by Crippen LogP contribution is -2.17. The summed E-state index contributed by atoms with van der Waals surface area (Å²) in [5, 5.41) is 16.6. The molecule has 1 aliphatic carbocycles. The minimum absolute atomic E-state index is 0.177. The van der Waals surface area contributed by atoms with E-state index in [9.17, 15) is 5.11 Å². The average Bonchev–Trinajstić information content (AvgIpc) is 2.46. The summed E-state index contributed by atoms with van der Waals surface area (Å²) in [5.41, 5.74) is 6.74. The van der Waals surface area contributed by atoms with E-state index in [1.165, 1.54) is 12.8 Å². The molecule has 1 heterocycles. The van der Waals surface area contributed by atoms with Crippen molar-refractivity contribution in [1.29, 1.82) is 0 Å². The molecule has 1 saturated carbocycles. The summed E-state index contributed by atoms with van der Waals surface area (Å²) in [7, 11) is 0. The monoisotopic (exact) mass is 195 g/mol. The van der Waals surface area contributed by atoms with Crippen molar-refractivity contribution in [2.45, 2.75) is 44.1 Å². The highest BCUT2D eigenvalue weighted by Crippen LogP contribution is 2.33. The van der Waals surface area contributed by atoms with Gasteiger partial charge in [-0.05, 0) is 12.8 Å². The van der Waals surface area contributed by atoms with Crippen molar-refractivity contribution in [3.8, 4) is 0 Å². The van der Waals surface area contributed by atoms with Gasteiger partial charge in [0.15, 0.2) is 0 Å². The van der Waals surface area contributed by atoms with Crippen molar-refractivity contribution < 1.29 is 5.11 Å². The molecule has 14 heavy (non-hydrogen) atoms. The first-order valence-corrected chi connectivity index (χ1v) is 5.26. The molecule has 4 N–H and O–H groups in total. The van der Waals surface area contributed by atoms with Crippen LogP contribution in [0.3, 0.4) is 0 Å². The van der Waals surface area contributed by atoms with Gasteiger partial charge in [0.05, 0.1) is 12.3 Å². The van der Waals surface area contributed by atoms with Crippen LogP contribution in [0.2, 0.25) is 0 Å². The van der Waals surface area contributed by atoms with Crippen LogP contribution in [0.15, 0.2) is 6.20 Å². The minimum atomic E-state index is -0.252. The SMILES string of the molecule is Nc1[nH]ncc1C1CCCCCC1O. The summed E-state index contributed by atoms with van der Waals surface area (Å²) >= 11 is 0. The molecule has 0 radical (unpaired) electrons. The maximum atomic E-state index is 9.95. The third kappa shape index (κ3) is 1.75. The molecule has 4 heteroatoms. The molecule has 0 aliphatic heterocycles. The predicted molar refractivity (Wildman–Crippen MR) is 54.8 cm³/mol. The zero-order valence-corrected chi connectivity index (χ0v) is 8.24. The van der Waals surface area contributed by atoms with E-state index in [1.54, 1.807) is 6.20 Å². The highest BCUT2D eigenvalue weighted by molar-refractivity contribution is 5.40. The van der Waals surface area contributed by atoms with Crippen LogP contribution in [0, 0.1) is 0 Å². The first kappa shape index (κ1) is 9.52. The number of aromatic amines is 1. The van der Waals surface area contributed by atoms with Gasteiger partial charge >= 0.3 is 0 Å². The molecule has 0 spiro atoms. The van der Waals surface area contributed by atoms with Crippen molar-refractivity contribution in [1.82, 2.24) is 10.2 Å². The number of aliphatic hydroxyl groups is 1. The molecule has 4 nitrogen and oxygen atoms in total. The number of nitrogens with two attached hydrogens (primary N) is 1. The highest BCUT2D eigenvalue weighted by Gasteiger charge is 2.25. The molecule has 1 aromatic rings. The molecule has 2 rings (SSSR count). The summed E-state index contributed by atoms with van der Waals surface area (Å²) in [6.45, 7) is 0. The van der Waals surface area contributed by atoms with Gasteiger partial charge in [-0.15, -0.1) is 0 Å². The number of hydrogen-bond donors (Lipinski definition) is 3. The number of nitrogen functional groups attached to an aromatic ring is 1. The lowest BCUT2D eigenvalue weighted by Gasteiger charge is -2.19. The largest absolute Gasteiger partial charge is 0.392 e. The summed E-state index contributed by atoms with van der Waals surface area (Å²) in [4.78, 5) is 0. The van der Waals surface area contributed by atoms with Crippen LogP contribution in [-0.2, 0) is 0 Å². The van der Waals surface area contributed by atoms with Crippen LogP contribution in [-0.4, -0.2) is 21.4 Å². The van der Waals surface area contributed by atoms with Gasteiger partial charge in [0.2, 0.25) is 0 Å². The maximum Gasteiger partial charge on any atom is 0.122 e. The van der Waals surface area contributed by atoms with Crippen molar-refractivity contribution >= 4 is 5.82 Å². The Bertz CT molecular complexity index is 297. The molecule has 1 aliphatic rings. The lowest BCUT2D eigenvalue weighted by molar-refractivity contribution is 0.135. The molecule has 2 unspecified atom stereocenters. The molecule has 0 bridgehead atoms. The third-order valence-corrected chi connectivity index (χ3v) is 3.08. The number of aromatic nitrogens is 2. The van der Waals surface area contributed by atoms with Crippen LogP contribution in [0.5, 0.6) is 0 Å². The molecule has 0 saturated heterocycles. The topological polar surface area (TPSA) is 74.9 Å². The van der Waals surface area contributed by atoms with Crippen LogP contribution in [0.4, 0.5) is 5.82 Å². The number of H-pyrrole nitrogens is 1. The zero-order chi connectivity index (χ0) is 9.97. The summed E-state index contributed by atoms with van der Waals surface area (Å²) in [6, 6.07) is 0. The summed E-state index contributed by atoms with van der Waals surface area (Å²) in [6.07, 6.45) is 6.90. The molecular weight excluding hydrogens is 178 g/mol. The van der Waals surface area contributed by atoms with Gasteiger partial charge in [-0.3, -0.25) is 5.10 Å². The van der Waals surface area contributed by atoms with Crippen LogP contribution < -0.4 is 5.73 Å². The molecule has 0 aromatic carbocycles. The summed E-state index contributed by atoms with van der Waals surface area (Å²) < 4.78 is 0. The average molecular weight is 195 g/mol. The number of hydrogen-bond acceptors (Lipinski definition) is 3. The second-order valence-electron chi connectivity index (χ2n) is 4.05. The van der Waals surface area contributed by atoms with Crippen molar-refractivity contribution in [2.24, 2.45) is 0 Å². The minimum Gasteiger partial charge on any atom is -0.392 e. The maximum absolute atomic E-state index is 9.95. The van der Waals surface area contributed by atoms with E-state index in [4.69, 9.17) is 5.73 Å². The Morgan fingerprint density at radius 2 is 2.14 bits per heavy atom. The molecule has 78 valence electrons. The standard InChI is InChI=1S/C10H17N3O/c11-10-8(6-12-13-10)7-4-2-1-3-5-9(7)14/h6-7,9,14H,1-5H2,(H3,11,12,13). The first-order valence-electron chi connectivity index (χ1n) is 5.26. The lowest BCUT2D eigenvalue weighted by atomic mass is 9.91. The predicted octanol–water partition coefficient (Wildman–Crippen LogP) is 1.40. The van der Waals surface area contributed by atoms with E-state index in [0.29, 0.717) is 5.82 Å². The Hall–Kier alpha value is -1.03. The van der Waals surface area contributed by atoms with Gasteiger partial charge < -0.3 is 10.8 Å². The number of nitrogens with zero attached hydrogens (tertiary/aromatic N) is 1. The normalized spacial score (nSPS) is 28.6. The Balaban J connectivity index is 2.19. The second-order valence-corrected chi connectivity index (χ2v) is 4.05. The number of nitrogens with one attached hydrogen (secondary N) is 1. The Morgan fingerprint density at radius 3 is 2.86 bits per heavy atom. The molecule has 1 fully saturated rings. The van der Waals surface area contributed by atoms with Gasteiger partial charge in [0.1, 0.15) is 5.82 Å². The van der Waals surface area contributed by atoms with E-state index in [-0.39, 0.29) is 12.0 Å². The number of rotatable bonds is 1. The fourth-order valence-corrected chi connectivity index (χ4v) is 2.25. The Labute approximate surface area is 83.5 Å². The van der Waals surface area contributed by atoms with Crippen LogP contribution in [0.25, 0.3) is 0 Å². The Kier molecular flexibility index (Phi) is 2.72. The van der Waals surface area contributed by atoms with Crippen molar-refractivity contribution in [3.05, 3.63) is 11.8 Å². The van der Waals surface area contributed by atoms with Crippen LogP contribution in [0.1, 0.15) is 43.6 Å². The van der Waals surface area contributed by atoms with E-state index in [0.717, 1.165) is 24.8 Å². The quantitative estimate of drug-likeness (QED) is 0.593. The molecular formula is C10H17N3O. The first-order chi connectivity index (χ1) is 6.79. The van der Waals surface area contributed by atoms with Crippen molar-refractivity contribution in [3.63, 3.8) is 0 Å². The van der Waals surface area contributed by atoms with Gasteiger partial charge in [-0.1, -0.05) is 19.3 Å². The number of aliphatic hydroxyl groups excluding tert-OH is 1. The molecule has 0 amide bonds. The molecule has 1 aromatic heterocycles. The second kappa shape index (κ2) is 4.00. The van der Waals surface area contributed by atoms with Crippen molar-refractivity contribution in [2.75, 3.05) is 5.73 Å². The van der Waals surface area contributed by atoms with E-state index in [1.807, 2.05) is 0 Å². The van der Waals surface area contributed by atoms with E-state index in [2.05, 4.69) is 10.2 Å². The van der Waals surface area contributed by atoms with Gasteiger partial charge in [0.25, 0.3) is 0 Å². The van der Waals surface area contributed by atoms with Gasteiger partial charge in [-0.25, -0.2) is 0 Å². The Morgan fingerprint density at radius 1 is 1.36 bits per heavy atom. The third-order valence-electron chi connectivity index (χ3n) is 3.08. The zero-order valence-electron chi connectivity index (χ0n) is 8.24. The smallest absolute Gasteiger partial charge is 0.122 e. The highest BCUT2D eigenvalue weighted by atomic mass is 16.3. The van der Waals surface area contributed by atoms with Gasteiger partial charge in [-0.2, -0.15) is 5.10 Å². The fourth-order valence-electron chi connectivity index (χ4n) is 2.25. The van der Waals surface area contributed by atoms with E-state index >= 15 is 0 Å².